The predicted octanol–water partition coefficient (Wildman–Crippen LogP) is 2.14. The van der Waals surface area contributed by atoms with Crippen molar-refractivity contribution < 1.29 is 9.53 Å². The smallest absolute Gasteiger partial charge is 0.260 e. The summed E-state index contributed by atoms with van der Waals surface area (Å²) in [6.07, 6.45) is 5.24. The number of carbonyl (C=O) groups is 1. The van der Waals surface area contributed by atoms with Crippen molar-refractivity contribution in [2.24, 2.45) is 0 Å². The number of aromatic nitrogens is 3. The minimum absolute atomic E-state index is 0.0213. The second kappa shape index (κ2) is 6.81. The molecule has 1 atom stereocenters. The van der Waals surface area contributed by atoms with Crippen molar-refractivity contribution in [3.63, 3.8) is 0 Å². The van der Waals surface area contributed by atoms with Crippen molar-refractivity contribution in [2.75, 3.05) is 19.7 Å². The normalized spacial score (nSPS) is 18.0. The summed E-state index contributed by atoms with van der Waals surface area (Å²) in [7, 11) is 0. The monoisotopic (exact) mass is 314 g/mol. The van der Waals surface area contributed by atoms with Crippen LogP contribution in [0.5, 0.6) is 5.75 Å². The zero-order valence-corrected chi connectivity index (χ0v) is 13.6. The first-order valence-corrected chi connectivity index (χ1v) is 7.95. The van der Waals surface area contributed by atoms with Crippen molar-refractivity contribution in [1.29, 1.82) is 0 Å². The summed E-state index contributed by atoms with van der Waals surface area (Å²) in [5.41, 5.74) is 2.38. The van der Waals surface area contributed by atoms with E-state index in [1.54, 1.807) is 6.33 Å². The molecule has 0 radical (unpaired) electrons. The zero-order valence-electron chi connectivity index (χ0n) is 13.6. The number of likely N-dealkylation sites (tertiary alicyclic amines) is 1. The molecule has 0 aliphatic carbocycles. The molecule has 1 aliphatic rings. The molecule has 0 unspecified atom stereocenters. The number of hydrogen-bond donors (Lipinski definition) is 0. The molecule has 0 saturated carbocycles. The third-order valence-corrected chi connectivity index (χ3v) is 4.40. The highest BCUT2D eigenvalue weighted by Crippen LogP contribution is 2.21. The summed E-state index contributed by atoms with van der Waals surface area (Å²) >= 11 is 0. The SMILES string of the molecule is Cc1ccc(OCC(=O)N2CCC[C@H](n3cncn3)C2)cc1C. The Bertz CT molecular complexity index is 669. The van der Waals surface area contributed by atoms with Crippen LogP contribution in [0, 0.1) is 13.8 Å². The molecule has 6 heteroatoms. The van der Waals surface area contributed by atoms with Gasteiger partial charge in [-0.25, -0.2) is 9.67 Å². The second-order valence-electron chi connectivity index (χ2n) is 6.05. The number of piperidine rings is 1. The molecular formula is C17H22N4O2. The molecule has 122 valence electrons. The summed E-state index contributed by atoms with van der Waals surface area (Å²) in [5.74, 6) is 0.763. The quantitative estimate of drug-likeness (QED) is 0.867. The molecule has 1 aromatic carbocycles. The molecule has 1 fully saturated rings. The number of benzene rings is 1. The van der Waals surface area contributed by atoms with E-state index in [4.69, 9.17) is 4.74 Å². The van der Waals surface area contributed by atoms with E-state index in [9.17, 15) is 4.79 Å². The lowest BCUT2D eigenvalue weighted by Crippen LogP contribution is -2.43. The third-order valence-electron chi connectivity index (χ3n) is 4.40. The number of ether oxygens (including phenoxy) is 1. The Labute approximate surface area is 136 Å². The molecule has 1 aliphatic heterocycles. The summed E-state index contributed by atoms with van der Waals surface area (Å²) < 4.78 is 7.49. The highest BCUT2D eigenvalue weighted by molar-refractivity contribution is 5.77. The van der Waals surface area contributed by atoms with Crippen LogP contribution in [-0.2, 0) is 4.79 Å². The van der Waals surface area contributed by atoms with Gasteiger partial charge in [-0.15, -0.1) is 0 Å². The van der Waals surface area contributed by atoms with Crippen molar-refractivity contribution >= 4 is 5.91 Å². The maximum atomic E-state index is 12.4. The van der Waals surface area contributed by atoms with Crippen LogP contribution < -0.4 is 4.74 Å². The number of carbonyl (C=O) groups excluding carboxylic acids is 1. The van der Waals surface area contributed by atoms with Gasteiger partial charge in [0, 0.05) is 13.1 Å². The van der Waals surface area contributed by atoms with Gasteiger partial charge in [-0.1, -0.05) is 6.07 Å². The van der Waals surface area contributed by atoms with Crippen LogP contribution in [0.4, 0.5) is 0 Å². The van der Waals surface area contributed by atoms with E-state index in [0.717, 1.165) is 25.1 Å². The zero-order chi connectivity index (χ0) is 16.2. The van der Waals surface area contributed by atoms with Gasteiger partial charge in [0.15, 0.2) is 6.61 Å². The third kappa shape index (κ3) is 3.70. The van der Waals surface area contributed by atoms with Crippen molar-refractivity contribution in [2.45, 2.75) is 32.7 Å². The van der Waals surface area contributed by atoms with E-state index in [-0.39, 0.29) is 18.6 Å². The van der Waals surface area contributed by atoms with Crippen LogP contribution in [0.3, 0.4) is 0 Å². The summed E-state index contributed by atoms with van der Waals surface area (Å²) in [4.78, 5) is 18.2. The van der Waals surface area contributed by atoms with Gasteiger partial charge in [-0.2, -0.15) is 5.10 Å². The lowest BCUT2D eigenvalue weighted by atomic mass is 10.1. The van der Waals surface area contributed by atoms with Crippen LogP contribution in [0.1, 0.15) is 30.0 Å². The van der Waals surface area contributed by atoms with Gasteiger partial charge in [0.2, 0.25) is 0 Å². The number of aryl methyl sites for hydroxylation is 2. The van der Waals surface area contributed by atoms with E-state index < -0.39 is 0 Å². The van der Waals surface area contributed by atoms with Gasteiger partial charge in [0.1, 0.15) is 18.4 Å². The Hall–Kier alpha value is -2.37. The molecule has 1 amide bonds. The van der Waals surface area contributed by atoms with Crippen molar-refractivity contribution in [1.82, 2.24) is 19.7 Å². The lowest BCUT2D eigenvalue weighted by Gasteiger charge is -2.32. The van der Waals surface area contributed by atoms with Gasteiger partial charge in [0.25, 0.3) is 5.91 Å². The molecule has 2 aromatic rings. The van der Waals surface area contributed by atoms with Crippen LogP contribution in [-0.4, -0.2) is 45.3 Å². The number of amides is 1. The predicted molar refractivity (Wildman–Crippen MR) is 86.3 cm³/mol. The minimum atomic E-state index is 0.0213. The maximum absolute atomic E-state index is 12.4. The van der Waals surface area contributed by atoms with Crippen LogP contribution >= 0.6 is 0 Å². The molecule has 0 N–H and O–H groups in total. The fraction of sp³-hybridized carbons (Fsp3) is 0.471. The maximum Gasteiger partial charge on any atom is 0.260 e. The molecule has 1 aromatic heterocycles. The van der Waals surface area contributed by atoms with Gasteiger partial charge < -0.3 is 9.64 Å². The van der Waals surface area contributed by atoms with Crippen LogP contribution in [0.15, 0.2) is 30.9 Å². The molecular weight excluding hydrogens is 292 g/mol. The number of nitrogens with zero attached hydrogens (tertiary/aromatic N) is 4. The highest BCUT2D eigenvalue weighted by Gasteiger charge is 2.25. The van der Waals surface area contributed by atoms with E-state index in [0.29, 0.717) is 6.54 Å². The molecule has 23 heavy (non-hydrogen) atoms. The standard InChI is InChI=1S/C17H22N4O2/c1-13-5-6-16(8-14(13)2)23-10-17(22)20-7-3-4-15(9-20)21-12-18-11-19-21/h5-6,8,11-12,15H,3-4,7,9-10H2,1-2H3/t15-/m0/s1. The Morgan fingerprint density at radius 3 is 2.96 bits per heavy atom. The average molecular weight is 314 g/mol. The Kier molecular flexibility index (Phi) is 4.60. The minimum Gasteiger partial charge on any atom is -0.484 e. The Morgan fingerprint density at radius 2 is 2.22 bits per heavy atom. The molecule has 1 saturated heterocycles. The van der Waals surface area contributed by atoms with E-state index in [2.05, 4.69) is 17.0 Å². The molecule has 2 heterocycles. The first kappa shape index (κ1) is 15.5. The van der Waals surface area contributed by atoms with E-state index >= 15 is 0 Å². The first-order chi connectivity index (χ1) is 11.1. The Balaban J connectivity index is 1.56. The molecule has 6 nitrogen and oxygen atoms in total. The highest BCUT2D eigenvalue weighted by atomic mass is 16.5. The van der Waals surface area contributed by atoms with Gasteiger partial charge in [0.05, 0.1) is 6.04 Å². The van der Waals surface area contributed by atoms with Crippen LogP contribution in [0.25, 0.3) is 0 Å². The van der Waals surface area contributed by atoms with Crippen molar-refractivity contribution in [3.8, 4) is 5.75 Å². The first-order valence-electron chi connectivity index (χ1n) is 7.95. The fourth-order valence-corrected chi connectivity index (χ4v) is 2.84. The molecule has 0 spiro atoms. The lowest BCUT2D eigenvalue weighted by molar-refractivity contribution is -0.135. The molecule has 0 bridgehead atoms. The van der Waals surface area contributed by atoms with Gasteiger partial charge in [-0.3, -0.25) is 4.79 Å². The van der Waals surface area contributed by atoms with Crippen molar-refractivity contribution in [3.05, 3.63) is 42.0 Å². The Morgan fingerprint density at radius 1 is 1.35 bits per heavy atom. The average Bonchev–Trinajstić information content (AvgIpc) is 3.10. The fourth-order valence-electron chi connectivity index (χ4n) is 2.84. The van der Waals surface area contributed by atoms with Gasteiger partial charge >= 0.3 is 0 Å². The summed E-state index contributed by atoms with van der Waals surface area (Å²) in [5, 5.41) is 4.18. The number of hydrogen-bond acceptors (Lipinski definition) is 4. The largest absolute Gasteiger partial charge is 0.484 e. The second-order valence-corrected chi connectivity index (χ2v) is 6.05. The van der Waals surface area contributed by atoms with E-state index in [1.807, 2.05) is 34.7 Å². The summed E-state index contributed by atoms with van der Waals surface area (Å²) in [6.45, 7) is 5.62. The molecule has 3 rings (SSSR count). The topological polar surface area (TPSA) is 60.2 Å². The number of rotatable bonds is 4. The van der Waals surface area contributed by atoms with E-state index in [1.165, 1.54) is 17.5 Å². The van der Waals surface area contributed by atoms with Gasteiger partial charge in [-0.05, 0) is 49.9 Å². The van der Waals surface area contributed by atoms with Crippen LogP contribution in [0.2, 0.25) is 0 Å². The summed E-state index contributed by atoms with van der Waals surface area (Å²) in [6, 6.07) is 6.09.